The lowest BCUT2D eigenvalue weighted by atomic mass is 9.38. The van der Waals surface area contributed by atoms with E-state index < -0.39 is 66.5 Å². The number of rotatable bonds is 8. The molecule has 1 unspecified atom stereocenters. The van der Waals surface area contributed by atoms with E-state index >= 15 is 0 Å². The average Bonchev–Trinajstić information content (AvgIpc) is 3.25. The van der Waals surface area contributed by atoms with Gasteiger partial charge in [-0.15, -0.1) is 0 Å². The monoisotopic (exact) mass is 634 g/mol. The topological polar surface area (TPSA) is 157 Å². The molecule has 1 heterocycles. The lowest BCUT2D eigenvalue weighted by Crippen LogP contribution is -2.64. The van der Waals surface area contributed by atoms with Gasteiger partial charge in [0, 0.05) is 16.7 Å². The number of aldehydes is 1. The summed E-state index contributed by atoms with van der Waals surface area (Å²) in [5, 5.41) is 63.6. The molecule has 4 fully saturated rings. The summed E-state index contributed by atoms with van der Waals surface area (Å²) in [5.41, 5.74) is 0.502. The standard InChI is InChI=1S/C36H58O9/c1-19(2)14-21(44-32-30(43)29(42)28(41)26(17-37)45-32)15-20(3)22-10-11-35(7)31-25(39)16-24-23(8-9-27(40)33(24,4)5)36(31,18-38)13-12-34(22,35)6/h14,16,18,20-23,25-32,37,39-43H,8-13,15,17H2,1-7H3/t20-,21?,22-,23-,25+,26-,27+,28-,29+,30-,31+,32-,34-,35+,36-/m1/s1. The molecule has 0 aromatic heterocycles. The molecule has 4 aliphatic carbocycles. The van der Waals surface area contributed by atoms with Gasteiger partial charge in [0.05, 0.1) is 24.9 Å². The minimum absolute atomic E-state index is 0.0219. The van der Waals surface area contributed by atoms with E-state index in [0.717, 1.165) is 36.8 Å². The van der Waals surface area contributed by atoms with E-state index in [1.807, 2.05) is 39.8 Å². The zero-order chi connectivity index (χ0) is 33.3. The van der Waals surface area contributed by atoms with Crippen LogP contribution in [0.1, 0.15) is 93.4 Å². The summed E-state index contributed by atoms with van der Waals surface area (Å²) >= 11 is 0. The van der Waals surface area contributed by atoms with Crippen LogP contribution in [0, 0.1) is 45.3 Å². The molecule has 9 nitrogen and oxygen atoms in total. The Morgan fingerprint density at radius 1 is 0.978 bits per heavy atom. The SMILES string of the molecule is CC(C)=CC(C[C@@H](C)[C@H]1CC[C@@]2(C)[C@@H]3[C@@H](O)C=C4[C@@H](CC[C@H](O)C4(C)C)[C@]3(C=O)CC[C@]12C)O[C@@H]1O[C@H](CO)[C@@H](O)[C@H](O)[C@H]1O. The Balaban J connectivity index is 1.41. The zero-order valence-corrected chi connectivity index (χ0v) is 28.2. The molecule has 0 aromatic rings. The molecule has 3 saturated carbocycles. The number of carbonyl (C=O) groups is 1. The molecular formula is C36H58O9. The maximum absolute atomic E-state index is 13.3. The van der Waals surface area contributed by atoms with E-state index in [-0.39, 0.29) is 28.6 Å². The van der Waals surface area contributed by atoms with Crippen molar-refractivity contribution in [1.82, 2.24) is 0 Å². The summed E-state index contributed by atoms with van der Waals surface area (Å²) in [6, 6.07) is 0. The van der Waals surface area contributed by atoms with Gasteiger partial charge in [-0.1, -0.05) is 57.9 Å². The highest BCUT2D eigenvalue weighted by molar-refractivity contribution is 5.65. The van der Waals surface area contributed by atoms with Gasteiger partial charge in [-0.3, -0.25) is 0 Å². The van der Waals surface area contributed by atoms with Crippen molar-refractivity contribution >= 4 is 6.29 Å². The molecule has 5 rings (SSSR count). The third kappa shape index (κ3) is 5.41. The first kappa shape index (κ1) is 35.1. The van der Waals surface area contributed by atoms with Crippen LogP contribution in [0.25, 0.3) is 0 Å². The van der Waals surface area contributed by atoms with Crippen molar-refractivity contribution < 1.29 is 44.9 Å². The van der Waals surface area contributed by atoms with Gasteiger partial charge in [0.25, 0.3) is 0 Å². The molecule has 0 spiro atoms. The highest BCUT2D eigenvalue weighted by Gasteiger charge is 2.70. The number of fused-ring (bicyclic) bond motifs is 5. The molecule has 0 bridgehead atoms. The molecular weight excluding hydrogens is 576 g/mol. The number of aliphatic hydroxyl groups excluding tert-OH is 6. The van der Waals surface area contributed by atoms with Crippen LogP contribution in [-0.2, 0) is 14.3 Å². The lowest BCUT2D eigenvalue weighted by molar-refractivity contribution is -0.308. The molecule has 0 aromatic carbocycles. The average molecular weight is 635 g/mol. The van der Waals surface area contributed by atoms with E-state index in [4.69, 9.17) is 9.47 Å². The molecule has 6 N–H and O–H groups in total. The summed E-state index contributed by atoms with van der Waals surface area (Å²) in [5.74, 6) is 0.285. The number of allylic oxidation sites excluding steroid dienone is 1. The van der Waals surface area contributed by atoms with E-state index in [1.54, 1.807) is 0 Å². The largest absolute Gasteiger partial charge is 0.394 e. The predicted octanol–water partition coefficient (Wildman–Crippen LogP) is 3.28. The van der Waals surface area contributed by atoms with E-state index in [2.05, 4.69) is 20.8 Å². The normalized spacial score (nSPS) is 48.7. The van der Waals surface area contributed by atoms with Gasteiger partial charge < -0.3 is 44.9 Å². The fourth-order valence-electron chi connectivity index (χ4n) is 11.0. The Bertz CT molecular complexity index is 1160. The van der Waals surface area contributed by atoms with Crippen molar-refractivity contribution in [3.05, 3.63) is 23.3 Å². The summed E-state index contributed by atoms with van der Waals surface area (Å²) < 4.78 is 12.0. The molecule has 45 heavy (non-hydrogen) atoms. The van der Waals surface area contributed by atoms with E-state index in [1.165, 1.54) is 6.29 Å². The van der Waals surface area contributed by atoms with Gasteiger partial charge in [0.1, 0.15) is 30.7 Å². The number of aliphatic hydroxyl groups is 6. The first-order chi connectivity index (χ1) is 21.0. The molecule has 0 amide bonds. The molecule has 5 aliphatic rings. The molecule has 15 atom stereocenters. The third-order valence-corrected chi connectivity index (χ3v) is 13.6. The van der Waals surface area contributed by atoms with Crippen LogP contribution in [0.4, 0.5) is 0 Å². The Kier molecular flexibility index (Phi) is 9.66. The van der Waals surface area contributed by atoms with E-state index in [0.29, 0.717) is 25.2 Å². The van der Waals surface area contributed by atoms with Crippen LogP contribution in [0.15, 0.2) is 23.3 Å². The maximum atomic E-state index is 13.3. The van der Waals surface area contributed by atoms with E-state index in [9.17, 15) is 35.4 Å². The summed E-state index contributed by atoms with van der Waals surface area (Å²) in [6.45, 7) is 14.4. The van der Waals surface area contributed by atoms with Gasteiger partial charge in [-0.25, -0.2) is 0 Å². The van der Waals surface area contributed by atoms with Crippen molar-refractivity contribution in [2.75, 3.05) is 6.61 Å². The first-order valence-electron chi connectivity index (χ1n) is 17.1. The quantitative estimate of drug-likeness (QED) is 0.174. The fourth-order valence-corrected chi connectivity index (χ4v) is 11.0. The lowest BCUT2D eigenvalue weighted by Gasteiger charge is -2.66. The fraction of sp³-hybridized carbons (Fsp3) is 0.861. The van der Waals surface area contributed by atoms with Crippen molar-refractivity contribution in [3.63, 3.8) is 0 Å². The number of carbonyl (C=O) groups excluding carboxylic acids is 1. The van der Waals surface area contributed by atoms with Gasteiger partial charge >= 0.3 is 0 Å². The highest BCUT2D eigenvalue weighted by atomic mass is 16.7. The number of hydrogen-bond donors (Lipinski definition) is 6. The van der Waals surface area contributed by atoms with Crippen molar-refractivity contribution in [3.8, 4) is 0 Å². The van der Waals surface area contributed by atoms with Gasteiger partial charge in [-0.2, -0.15) is 0 Å². The second-order valence-corrected chi connectivity index (χ2v) is 16.5. The maximum Gasteiger partial charge on any atom is 0.187 e. The molecule has 1 aliphatic heterocycles. The van der Waals surface area contributed by atoms with Crippen LogP contribution >= 0.6 is 0 Å². The molecule has 0 radical (unpaired) electrons. The smallest absolute Gasteiger partial charge is 0.187 e. The minimum atomic E-state index is -1.50. The van der Waals surface area contributed by atoms with Crippen LogP contribution in [-0.4, -0.2) is 92.5 Å². The second kappa shape index (κ2) is 12.4. The van der Waals surface area contributed by atoms with Crippen molar-refractivity contribution in [1.29, 1.82) is 0 Å². The Morgan fingerprint density at radius 3 is 2.29 bits per heavy atom. The summed E-state index contributed by atoms with van der Waals surface area (Å²) in [4.78, 5) is 13.3. The summed E-state index contributed by atoms with van der Waals surface area (Å²) in [6.07, 6.45) is 2.26. The Morgan fingerprint density at radius 2 is 1.67 bits per heavy atom. The van der Waals surface area contributed by atoms with Crippen LogP contribution in [0.3, 0.4) is 0 Å². The van der Waals surface area contributed by atoms with Crippen LogP contribution in [0.2, 0.25) is 0 Å². The highest BCUT2D eigenvalue weighted by Crippen LogP contribution is 2.74. The first-order valence-corrected chi connectivity index (χ1v) is 17.1. The third-order valence-electron chi connectivity index (χ3n) is 13.6. The van der Waals surface area contributed by atoms with Crippen molar-refractivity contribution in [2.45, 2.75) is 142 Å². The predicted molar refractivity (Wildman–Crippen MR) is 169 cm³/mol. The molecule has 256 valence electrons. The van der Waals surface area contributed by atoms with Crippen LogP contribution in [0.5, 0.6) is 0 Å². The van der Waals surface area contributed by atoms with Gasteiger partial charge in [0.2, 0.25) is 0 Å². The summed E-state index contributed by atoms with van der Waals surface area (Å²) in [7, 11) is 0. The Hall–Kier alpha value is -1.17. The number of hydrogen-bond acceptors (Lipinski definition) is 9. The zero-order valence-electron chi connectivity index (χ0n) is 28.2. The van der Waals surface area contributed by atoms with Crippen molar-refractivity contribution in [2.24, 2.45) is 45.3 Å². The second-order valence-electron chi connectivity index (χ2n) is 16.5. The van der Waals surface area contributed by atoms with Crippen LogP contribution < -0.4 is 0 Å². The molecule has 9 heteroatoms. The van der Waals surface area contributed by atoms with Gasteiger partial charge in [-0.05, 0) is 87.4 Å². The van der Waals surface area contributed by atoms with Gasteiger partial charge in [0.15, 0.2) is 6.29 Å². The minimum Gasteiger partial charge on any atom is -0.394 e. The molecule has 1 saturated heterocycles. The number of ether oxygens (including phenoxy) is 2. The Labute approximate surface area is 268 Å².